The van der Waals surface area contributed by atoms with Crippen molar-refractivity contribution in [2.45, 2.75) is 13.5 Å². The molecule has 1 heterocycles. The fourth-order valence-electron chi connectivity index (χ4n) is 2.64. The van der Waals surface area contributed by atoms with Crippen LogP contribution in [0.2, 0.25) is 5.02 Å². The standard InChI is InChI=1S/C18H16ClN/c1-3-16-11-15-9-10-17(19)13(2)18(15)20(16)12-14-7-5-4-6-8-14/h3-11H,1,12H2,2H3. The third kappa shape index (κ3) is 2.14. The number of nitrogens with zero attached hydrogens (tertiary/aromatic N) is 1. The van der Waals surface area contributed by atoms with Crippen LogP contribution in [-0.2, 0) is 6.54 Å². The summed E-state index contributed by atoms with van der Waals surface area (Å²) in [5, 5.41) is 2.01. The monoisotopic (exact) mass is 281 g/mol. The molecule has 0 aliphatic heterocycles. The van der Waals surface area contributed by atoms with Crippen LogP contribution in [0, 0.1) is 6.92 Å². The van der Waals surface area contributed by atoms with Crippen LogP contribution >= 0.6 is 11.6 Å². The van der Waals surface area contributed by atoms with Crippen molar-refractivity contribution < 1.29 is 0 Å². The Morgan fingerprint density at radius 2 is 1.90 bits per heavy atom. The minimum atomic E-state index is 0.806. The molecule has 0 amide bonds. The van der Waals surface area contributed by atoms with Gasteiger partial charge in [-0.3, -0.25) is 0 Å². The molecule has 0 fully saturated rings. The van der Waals surface area contributed by atoms with E-state index in [2.05, 4.69) is 54.5 Å². The van der Waals surface area contributed by atoms with E-state index in [1.54, 1.807) is 0 Å². The largest absolute Gasteiger partial charge is 0.336 e. The molecular formula is C18H16ClN. The molecule has 0 N–H and O–H groups in total. The van der Waals surface area contributed by atoms with Gasteiger partial charge in [0.1, 0.15) is 0 Å². The molecular weight excluding hydrogens is 266 g/mol. The molecule has 0 saturated heterocycles. The number of rotatable bonds is 3. The smallest absolute Gasteiger partial charge is 0.0532 e. The average molecular weight is 282 g/mol. The lowest BCUT2D eigenvalue weighted by atomic mass is 10.1. The van der Waals surface area contributed by atoms with Crippen LogP contribution in [0.15, 0.2) is 55.1 Å². The van der Waals surface area contributed by atoms with Gasteiger partial charge in [0.2, 0.25) is 0 Å². The van der Waals surface area contributed by atoms with Crippen LogP contribution in [-0.4, -0.2) is 4.57 Å². The average Bonchev–Trinajstić information content (AvgIpc) is 2.83. The predicted molar refractivity (Wildman–Crippen MR) is 87.3 cm³/mol. The maximum atomic E-state index is 6.28. The normalized spacial score (nSPS) is 10.9. The summed E-state index contributed by atoms with van der Waals surface area (Å²) in [5.41, 5.74) is 4.70. The Balaban J connectivity index is 2.22. The first-order valence-electron chi connectivity index (χ1n) is 6.65. The molecule has 100 valence electrons. The Bertz CT molecular complexity index is 769. The quantitative estimate of drug-likeness (QED) is 0.614. The minimum absolute atomic E-state index is 0.806. The van der Waals surface area contributed by atoms with Crippen molar-refractivity contribution >= 4 is 28.6 Å². The highest BCUT2D eigenvalue weighted by Gasteiger charge is 2.11. The summed E-state index contributed by atoms with van der Waals surface area (Å²) in [7, 11) is 0. The van der Waals surface area contributed by atoms with Gasteiger partial charge in [0.25, 0.3) is 0 Å². The maximum Gasteiger partial charge on any atom is 0.0532 e. The molecule has 2 aromatic carbocycles. The van der Waals surface area contributed by atoms with Gasteiger partial charge in [0.05, 0.1) is 5.52 Å². The summed E-state index contributed by atoms with van der Waals surface area (Å²) in [4.78, 5) is 0. The highest BCUT2D eigenvalue weighted by atomic mass is 35.5. The fraction of sp³-hybridized carbons (Fsp3) is 0.111. The number of benzene rings is 2. The second-order valence-electron chi connectivity index (χ2n) is 4.96. The van der Waals surface area contributed by atoms with E-state index < -0.39 is 0 Å². The van der Waals surface area contributed by atoms with E-state index in [9.17, 15) is 0 Å². The summed E-state index contributed by atoms with van der Waals surface area (Å²) >= 11 is 6.28. The van der Waals surface area contributed by atoms with Crippen molar-refractivity contribution in [3.63, 3.8) is 0 Å². The van der Waals surface area contributed by atoms with Crippen molar-refractivity contribution in [1.82, 2.24) is 4.57 Å². The van der Waals surface area contributed by atoms with Crippen LogP contribution in [0.25, 0.3) is 17.0 Å². The second-order valence-corrected chi connectivity index (χ2v) is 5.36. The van der Waals surface area contributed by atoms with Gasteiger partial charge >= 0.3 is 0 Å². The highest BCUT2D eigenvalue weighted by Crippen LogP contribution is 2.29. The van der Waals surface area contributed by atoms with E-state index >= 15 is 0 Å². The van der Waals surface area contributed by atoms with Crippen LogP contribution in [0.3, 0.4) is 0 Å². The van der Waals surface area contributed by atoms with Crippen molar-refractivity contribution in [1.29, 1.82) is 0 Å². The Hall–Kier alpha value is -1.99. The summed E-state index contributed by atoms with van der Waals surface area (Å²) in [6, 6.07) is 16.6. The number of hydrogen-bond donors (Lipinski definition) is 0. The topological polar surface area (TPSA) is 4.93 Å². The first kappa shape index (κ1) is 13.0. The number of aryl methyl sites for hydroxylation is 1. The summed E-state index contributed by atoms with van der Waals surface area (Å²) in [6.07, 6.45) is 1.90. The lowest BCUT2D eigenvalue weighted by molar-refractivity contribution is 0.825. The van der Waals surface area contributed by atoms with E-state index in [1.165, 1.54) is 16.5 Å². The van der Waals surface area contributed by atoms with Gasteiger partial charge in [-0.2, -0.15) is 0 Å². The SMILES string of the molecule is C=Cc1cc2ccc(Cl)c(C)c2n1Cc1ccccc1. The molecule has 0 aliphatic rings. The van der Waals surface area contributed by atoms with Gasteiger partial charge in [-0.1, -0.05) is 54.6 Å². The van der Waals surface area contributed by atoms with E-state index in [0.717, 1.165) is 22.8 Å². The van der Waals surface area contributed by atoms with Crippen LogP contribution < -0.4 is 0 Å². The Morgan fingerprint density at radius 3 is 2.60 bits per heavy atom. The fourth-order valence-corrected chi connectivity index (χ4v) is 2.80. The van der Waals surface area contributed by atoms with Crippen molar-refractivity contribution in [3.8, 4) is 0 Å². The number of aromatic nitrogens is 1. The minimum Gasteiger partial charge on any atom is -0.336 e. The van der Waals surface area contributed by atoms with Crippen LogP contribution in [0.5, 0.6) is 0 Å². The van der Waals surface area contributed by atoms with Crippen LogP contribution in [0.1, 0.15) is 16.8 Å². The lowest BCUT2D eigenvalue weighted by Crippen LogP contribution is -2.02. The molecule has 1 nitrogen and oxygen atoms in total. The summed E-state index contributed by atoms with van der Waals surface area (Å²) < 4.78 is 2.28. The van der Waals surface area contributed by atoms with Gasteiger partial charge in [-0.05, 0) is 36.3 Å². The third-order valence-corrected chi connectivity index (χ3v) is 4.08. The number of hydrogen-bond acceptors (Lipinski definition) is 0. The van der Waals surface area contributed by atoms with Crippen molar-refractivity contribution in [2.75, 3.05) is 0 Å². The zero-order valence-corrected chi connectivity index (χ0v) is 12.2. The van der Waals surface area contributed by atoms with Gasteiger partial charge in [-0.25, -0.2) is 0 Å². The molecule has 0 bridgehead atoms. The molecule has 1 aromatic heterocycles. The first-order chi connectivity index (χ1) is 9.70. The summed E-state index contributed by atoms with van der Waals surface area (Å²) in [5.74, 6) is 0. The van der Waals surface area contributed by atoms with Crippen molar-refractivity contribution in [3.05, 3.63) is 77.0 Å². The maximum absolute atomic E-state index is 6.28. The number of fused-ring (bicyclic) bond motifs is 1. The zero-order valence-electron chi connectivity index (χ0n) is 11.4. The van der Waals surface area contributed by atoms with Crippen LogP contribution in [0.4, 0.5) is 0 Å². The molecule has 3 aromatic rings. The molecule has 0 unspecified atom stereocenters. The molecule has 20 heavy (non-hydrogen) atoms. The van der Waals surface area contributed by atoms with E-state index in [0.29, 0.717) is 0 Å². The molecule has 0 aliphatic carbocycles. The second kappa shape index (κ2) is 5.18. The summed E-state index contributed by atoms with van der Waals surface area (Å²) in [6.45, 7) is 6.82. The third-order valence-electron chi connectivity index (χ3n) is 3.67. The van der Waals surface area contributed by atoms with Gasteiger partial charge < -0.3 is 4.57 Å². The molecule has 2 heteroatoms. The zero-order chi connectivity index (χ0) is 14.1. The molecule has 3 rings (SSSR count). The molecule has 0 radical (unpaired) electrons. The van der Waals surface area contributed by atoms with E-state index in [1.807, 2.05) is 18.2 Å². The molecule has 0 spiro atoms. The first-order valence-corrected chi connectivity index (χ1v) is 7.03. The molecule has 0 saturated carbocycles. The van der Waals surface area contributed by atoms with E-state index in [-0.39, 0.29) is 0 Å². The van der Waals surface area contributed by atoms with Gasteiger partial charge in [0, 0.05) is 22.6 Å². The highest BCUT2D eigenvalue weighted by molar-refractivity contribution is 6.32. The number of halogens is 1. The van der Waals surface area contributed by atoms with E-state index in [4.69, 9.17) is 11.6 Å². The molecule has 0 atom stereocenters. The predicted octanol–water partition coefficient (Wildman–Crippen LogP) is 5.29. The van der Waals surface area contributed by atoms with Crippen molar-refractivity contribution in [2.24, 2.45) is 0 Å². The Morgan fingerprint density at radius 1 is 1.15 bits per heavy atom. The lowest BCUT2D eigenvalue weighted by Gasteiger charge is -2.11. The Labute approximate surface area is 124 Å². The van der Waals surface area contributed by atoms with Gasteiger partial charge in [0.15, 0.2) is 0 Å². The Kier molecular flexibility index (Phi) is 3.37. The van der Waals surface area contributed by atoms with Gasteiger partial charge in [-0.15, -0.1) is 0 Å².